The van der Waals surface area contributed by atoms with Gasteiger partial charge in [0.05, 0.1) is 6.10 Å². The van der Waals surface area contributed by atoms with Crippen molar-refractivity contribution in [3.05, 3.63) is 29.3 Å². The number of rotatable bonds is 7. The van der Waals surface area contributed by atoms with Gasteiger partial charge < -0.3 is 15.8 Å². The van der Waals surface area contributed by atoms with Crippen LogP contribution in [-0.2, 0) is 11.2 Å². The first-order valence-electron chi connectivity index (χ1n) is 10.4. The van der Waals surface area contributed by atoms with Crippen LogP contribution in [0.5, 0.6) is 0 Å². The molecule has 5 rings (SSSR count). The van der Waals surface area contributed by atoms with Crippen molar-refractivity contribution in [1.29, 1.82) is 0 Å². The molecular weight excluding hydrogens is 324 g/mol. The second-order valence-corrected chi connectivity index (χ2v) is 8.80. The summed E-state index contributed by atoms with van der Waals surface area (Å²) >= 11 is 0. The Morgan fingerprint density at radius 3 is 2.62 bits per heavy atom. The average molecular weight is 357 g/mol. The Morgan fingerprint density at radius 2 is 2.00 bits per heavy atom. The Morgan fingerprint density at radius 1 is 1.23 bits per heavy atom. The monoisotopic (exact) mass is 356 g/mol. The van der Waals surface area contributed by atoms with Gasteiger partial charge in [0.25, 0.3) is 0 Å². The second kappa shape index (κ2) is 7.22. The molecule has 0 unspecified atom stereocenters. The van der Waals surface area contributed by atoms with Crippen molar-refractivity contribution in [3.8, 4) is 0 Å². The van der Waals surface area contributed by atoms with Crippen molar-refractivity contribution in [2.45, 2.75) is 76.9 Å². The maximum Gasteiger partial charge on any atom is 0.248 e. The largest absolute Gasteiger partial charge is 0.382 e. The summed E-state index contributed by atoms with van der Waals surface area (Å²) in [6.07, 6.45) is 11.3. The number of ether oxygens (including phenoxy) is 1. The third kappa shape index (κ3) is 3.62. The molecule has 0 spiro atoms. The number of carbonyl (C=O) groups excluding carboxylic acids is 1. The van der Waals surface area contributed by atoms with E-state index in [1.807, 2.05) is 12.1 Å². The highest BCUT2D eigenvalue weighted by Gasteiger charge is 2.50. The molecule has 0 radical (unpaired) electrons. The topological polar surface area (TPSA) is 64.3 Å². The first kappa shape index (κ1) is 17.8. The van der Waals surface area contributed by atoms with Crippen LogP contribution in [0.15, 0.2) is 18.2 Å². The van der Waals surface area contributed by atoms with Crippen LogP contribution in [0.2, 0.25) is 0 Å². The molecule has 1 aromatic carbocycles. The van der Waals surface area contributed by atoms with E-state index in [-0.39, 0.29) is 5.91 Å². The standard InChI is InChI=1S/C22H32N2O2/c1-2-26-19-6-3-17(4-7-19)24-18-5-8-20(21(23)25)16(11-18)14-22-10-9-15(12-22)13-22/h5,8,11,15,17,19,24H,2-4,6-7,9-10,12-14H2,1H3,(H2,23,25). The molecule has 0 saturated heterocycles. The highest BCUT2D eigenvalue weighted by Crippen LogP contribution is 2.60. The molecule has 4 aliphatic rings. The van der Waals surface area contributed by atoms with Crippen LogP contribution in [0.4, 0.5) is 5.69 Å². The quantitative estimate of drug-likeness (QED) is 0.766. The molecule has 4 heteroatoms. The van der Waals surface area contributed by atoms with Gasteiger partial charge in [-0.25, -0.2) is 0 Å². The van der Waals surface area contributed by atoms with Crippen LogP contribution in [0.3, 0.4) is 0 Å². The molecule has 26 heavy (non-hydrogen) atoms. The molecule has 142 valence electrons. The van der Waals surface area contributed by atoms with E-state index in [2.05, 4.69) is 18.3 Å². The number of nitrogens with one attached hydrogen (secondary N) is 1. The normalized spacial score (nSPS) is 32.9. The first-order valence-corrected chi connectivity index (χ1v) is 10.4. The lowest BCUT2D eigenvalue weighted by atomic mass is 9.66. The van der Waals surface area contributed by atoms with Gasteiger partial charge in [0.15, 0.2) is 0 Å². The molecular formula is C22H32N2O2. The number of amides is 1. The SMILES string of the molecule is CCOC1CCC(Nc2ccc(C(N)=O)c(CC34CCC(C3)C4)c2)CC1. The van der Waals surface area contributed by atoms with Gasteiger partial charge in [-0.2, -0.15) is 0 Å². The maximum absolute atomic E-state index is 11.9. The fraction of sp³-hybridized carbons (Fsp3) is 0.682. The van der Waals surface area contributed by atoms with Crippen molar-refractivity contribution in [1.82, 2.24) is 0 Å². The molecule has 0 aliphatic heterocycles. The maximum atomic E-state index is 11.9. The summed E-state index contributed by atoms with van der Waals surface area (Å²) in [5, 5.41) is 3.69. The summed E-state index contributed by atoms with van der Waals surface area (Å²) in [6, 6.07) is 6.63. The van der Waals surface area contributed by atoms with E-state index in [0.717, 1.165) is 55.9 Å². The van der Waals surface area contributed by atoms with E-state index in [4.69, 9.17) is 10.5 Å². The number of primary amides is 1. The van der Waals surface area contributed by atoms with Crippen LogP contribution < -0.4 is 11.1 Å². The predicted octanol–water partition coefficient (Wildman–Crippen LogP) is 4.28. The average Bonchev–Trinajstić information content (AvgIpc) is 3.17. The molecule has 4 fully saturated rings. The van der Waals surface area contributed by atoms with Gasteiger partial charge in [0.1, 0.15) is 0 Å². The number of hydrogen-bond donors (Lipinski definition) is 2. The van der Waals surface area contributed by atoms with Crippen LogP contribution in [0, 0.1) is 11.3 Å². The van der Waals surface area contributed by atoms with Crippen molar-refractivity contribution in [3.63, 3.8) is 0 Å². The fourth-order valence-corrected chi connectivity index (χ4v) is 5.64. The highest BCUT2D eigenvalue weighted by molar-refractivity contribution is 5.94. The van der Waals surface area contributed by atoms with Gasteiger partial charge in [-0.15, -0.1) is 0 Å². The minimum Gasteiger partial charge on any atom is -0.382 e. The predicted molar refractivity (Wildman–Crippen MR) is 104 cm³/mol. The van der Waals surface area contributed by atoms with E-state index >= 15 is 0 Å². The Hall–Kier alpha value is -1.55. The smallest absolute Gasteiger partial charge is 0.248 e. The summed E-state index contributed by atoms with van der Waals surface area (Å²) in [5.41, 5.74) is 9.08. The van der Waals surface area contributed by atoms with E-state index in [9.17, 15) is 4.79 Å². The van der Waals surface area contributed by atoms with Crippen molar-refractivity contribution >= 4 is 11.6 Å². The Labute approximate surface area is 156 Å². The zero-order chi connectivity index (χ0) is 18.1. The molecule has 1 aromatic rings. The van der Waals surface area contributed by atoms with E-state index in [1.54, 1.807) is 0 Å². The minimum atomic E-state index is -0.297. The molecule has 0 atom stereocenters. The third-order valence-electron chi connectivity index (χ3n) is 6.91. The number of carbonyl (C=O) groups is 1. The summed E-state index contributed by atoms with van der Waals surface area (Å²) < 4.78 is 5.75. The Bertz CT molecular complexity index is 653. The zero-order valence-electron chi connectivity index (χ0n) is 15.9. The molecule has 1 amide bonds. The molecule has 2 bridgehead atoms. The number of fused-ring (bicyclic) bond motifs is 1. The van der Waals surface area contributed by atoms with Gasteiger partial charge >= 0.3 is 0 Å². The van der Waals surface area contributed by atoms with Gasteiger partial charge in [-0.1, -0.05) is 0 Å². The molecule has 4 nitrogen and oxygen atoms in total. The molecule has 0 aromatic heterocycles. The molecule has 4 saturated carbocycles. The number of nitrogens with two attached hydrogens (primary N) is 1. The van der Waals surface area contributed by atoms with E-state index < -0.39 is 0 Å². The van der Waals surface area contributed by atoms with Crippen LogP contribution >= 0.6 is 0 Å². The molecule has 4 aliphatic carbocycles. The highest BCUT2D eigenvalue weighted by atomic mass is 16.5. The molecule has 3 N–H and O–H groups in total. The van der Waals surface area contributed by atoms with Gasteiger partial charge in [0, 0.05) is 23.9 Å². The number of benzene rings is 1. The van der Waals surface area contributed by atoms with E-state index in [0.29, 0.717) is 23.1 Å². The summed E-state index contributed by atoms with van der Waals surface area (Å²) in [4.78, 5) is 11.9. The number of anilines is 1. The number of hydrogen-bond acceptors (Lipinski definition) is 3. The summed E-state index contributed by atoms with van der Waals surface area (Å²) in [6.45, 7) is 2.88. The molecule has 0 heterocycles. The minimum absolute atomic E-state index is 0.297. The fourth-order valence-electron chi connectivity index (χ4n) is 5.64. The van der Waals surface area contributed by atoms with Crippen LogP contribution in [0.25, 0.3) is 0 Å². The lowest BCUT2D eigenvalue weighted by molar-refractivity contribution is 0.0346. The van der Waals surface area contributed by atoms with E-state index in [1.165, 1.54) is 25.7 Å². The van der Waals surface area contributed by atoms with Gasteiger partial charge in [-0.3, -0.25) is 4.79 Å². The lowest BCUT2D eigenvalue weighted by Gasteiger charge is -2.39. The van der Waals surface area contributed by atoms with Crippen molar-refractivity contribution in [2.24, 2.45) is 17.1 Å². The first-order chi connectivity index (χ1) is 12.6. The van der Waals surface area contributed by atoms with Crippen molar-refractivity contribution in [2.75, 3.05) is 11.9 Å². The Kier molecular flexibility index (Phi) is 4.96. The summed E-state index contributed by atoms with van der Waals surface area (Å²) in [7, 11) is 0. The Balaban J connectivity index is 1.44. The zero-order valence-corrected chi connectivity index (χ0v) is 15.9. The second-order valence-electron chi connectivity index (χ2n) is 8.80. The summed E-state index contributed by atoms with van der Waals surface area (Å²) in [5.74, 6) is 0.642. The van der Waals surface area contributed by atoms with Gasteiger partial charge in [-0.05, 0) is 99.8 Å². The van der Waals surface area contributed by atoms with Gasteiger partial charge in [0.2, 0.25) is 5.91 Å². The third-order valence-corrected chi connectivity index (χ3v) is 6.91. The lowest BCUT2D eigenvalue weighted by Crippen LogP contribution is -2.31. The van der Waals surface area contributed by atoms with Crippen LogP contribution in [-0.4, -0.2) is 24.7 Å². The van der Waals surface area contributed by atoms with Crippen molar-refractivity contribution < 1.29 is 9.53 Å². The van der Waals surface area contributed by atoms with Crippen LogP contribution in [0.1, 0.15) is 74.2 Å².